The van der Waals surface area contributed by atoms with Crippen molar-refractivity contribution in [2.75, 3.05) is 0 Å². The molecule has 1 aromatic heterocycles. The number of benzene rings is 2. The Hall–Kier alpha value is -2.07. The Morgan fingerprint density at radius 1 is 1.10 bits per heavy atom. The summed E-state index contributed by atoms with van der Waals surface area (Å²) < 4.78 is 14.3. The third-order valence-electron chi connectivity index (χ3n) is 3.06. The number of aromatic nitrogens is 1. The average molecular weight is 330 g/mol. The summed E-state index contributed by atoms with van der Waals surface area (Å²) >= 11 is 3.22. The molecule has 4 heteroatoms. The Morgan fingerprint density at radius 3 is 2.75 bits per heavy atom. The maximum Gasteiger partial charge on any atom is 0.197 e. The van der Waals surface area contributed by atoms with E-state index in [0.29, 0.717) is 15.6 Å². The fraction of sp³-hybridized carbons (Fsp3) is 0. The van der Waals surface area contributed by atoms with E-state index in [1.54, 1.807) is 30.5 Å². The molecule has 1 heterocycles. The van der Waals surface area contributed by atoms with Crippen molar-refractivity contribution in [3.05, 3.63) is 76.1 Å². The summed E-state index contributed by atoms with van der Waals surface area (Å²) in [6, 6.07) is 13.4. The fourth-order valence-corrected chi connectivity index (χ4v) is 2.59. The Kier molecular flexibility index (Phi) is 3.32. The predicted molar refractivity (Wildman–Crippen MR) is 79.3 cm³/mol. The molecule has 0 saturated carbocycles. The summed E-state index contributed by atoms with van der Waals surface area (Å²) in [7, 11) is 0. The van der Waals surface area contributed by atoms with Crippen molar-refractivity contribution in [3.63, 3.8) is 0 Å². The van der Waals surface area contributed by atoms with Crippen molar-refractivity contribution in [2.24, 2.45) is 0 Å². The monoisotopic (exact) mass is 329 g/mol. The van der Waals surface area contributed by atoms with Gasteiger partial charge in [-0.15, -0.1) is 0 Å². The van der Waals surface area contributed by atoms with Gasteiger partial charge < -0.3 is 0 Å². The first kappa shape index (κ1) is 12.9. The van der Waals surface area contributed by atoms with Crippen LogP contribution in [0.4, 0.5) is 4.39 Å². The normalized spacial score (nSPS) is 10.7. The fourth-order valence-electron chi connectivity index (χ4n) is 2.07. The first-order chi connectivity index (χ1) is 9.66. The summed E-state index contributed by atoms with van der Waals surface area (Å²) in [6.45, 7) is 0. The van der Waals surface area contributed by atoms with Crippen LogP contribution in [0.1, 0.15) is 15.9 Å². The molecule has 0 saturated heterocycles. The second-order valence-corrected chi connectivity index (χ2v) is 5.19. The largest absolute Gasteiger partial charge is 0.288 e. The van der Waals surface area contributed by atoms with E-state index in [2.05, 4.69) is 20.9 Å². The maximum absolute atomic E-state index is 13.8. The second kappa shape index (κ2) is 5.13. The lowest BCUT2D eigenvalue weighted by Gasteiger charge is -2.06. The molecule has 0 atom stereocenters. The molecule has 0 bridgehead atoms. The average Bonchev–Trinajstić information content (AvgIpc) is 2.46. The highest BCUT2D eigenvalue weighted by molar-refractivity contribution is 9.10. The van der Waals surface area contributed by atoms with Crippen molar-refractivity contribution in [2.45, 2.75) is 0 Å². The predicted octanol–water partition coefficient (Wildman–Crippen LogP) is 4.37. The lowest BCUT2D eigenvalue weighted by atomic mass is 10.0. The van der Waals surface area contributed by atoms with Crippen LogP contribution in [-0.2, 0) is 0 Å². The quantitative estimate of drug-likeness (QED) is 0.653. The molecule has 2 nitrogen and oxygen atoms in total. The van der Waals surface area contributed by atoms with E-state index in [4.69, 9.17) is 0 Å². The molecule has 98 valence electrons. The molecule has 2 aromatic carbocycles. The van der Waals surface area contributed by atoms with Crippen LogP contribution in [0.3, 0.4) is 0 Å². The Labute approximate surface area is 123 Å². The summed E-state index contributed by atoms with van der Waals surface area (Å²) in [5.41, 5.74) is 1.18. The number of pyridine rings is 1. The lowest BCUT2D eigenvalue weighted by Crippen LogP contribution is -2.05. The van der Waals surface area contributed by atoms with Crippen molar-refractivity contribution in [1.82, 2.24) is 4.98 Å². The SMILES string of the molecule is O=C(c1ccc2cccnc2c1)c1c(F)cccc1Br. The van der Waals surface area contributed by atoms with E-state index >= 15 is 0 Å². The zero-order chi connectivity index (χ0) is 14.1. The molecule has 0 radical (unpaired) electrons. The molecule has 0 spiro atoms. The lowest BCUT2D eigenvalue weighted by molar-refractivity contribution is 0.103. The van der Waals surface area contributed by atoms with Crippen LogP contribution < -0.4 is 0 Å². The zero-order valence-corrected chi connectivity index (χ0v) is 11.9. The van der Waals surface area contributed by atoms with Crippen molar-refractivity contribution in [3.8, 4) is 0 Å². The highest BCUT2D eigenvalue weighted by Gasteiger charge is 2.17. The molecular formula is C16H9BrFNO. The Bertz CT molecular complexity index is 796. The van der Waals surface area contributed by atoms with Gasteiger partial charge in [0.25, 0.3) is 0 Å². The first-order valence-corrected chi connectivity index (χ1v) is 6.79. The maximum atomic E-state index is 13.8. The van der Waals surface area contributed by atoms with Crippen LogP contribution in [-0.4, -0.2) is 10.8 Å². The van der Waals surface area contributed by atoms with Gasteiger partial charge >= 0.3 is 0 Å². The molecule has 0 aliphatic heterocycles. The highest BCUT2D eigenvalue weighted by atomic mass is 79.9. The third-order valence-corrected chi connectivity index (χ3v) is 3.72. The number of ketones is 1. The van der Waals surface area contributed by atoms with Crippen molar-refractivity contribution in [1.29, 1.82) is 0 Å². The number of carbonyl (C=O) groups excluding carboxylic acids is 1. The minimum atomic E-state index is -0.537. The van der Waals surface area contributed by atoms with Crippen molar-refractivity contribution < 1.29 is 9.18 Å². The molecule has 0 fully saturated rings. The second-order valence-electron chi connectivity index (χ2n) is 4.34. The van der Waals surface area contributed by atoms with Gasteiger partial charge in [-0.25, -0.2) is 4.39 Å². The number of hydrogen-bond acceptors (Lipinski definition) is 2. The topological polar surface area (TPSA) is 30.0 Å². The molecule has 20 heavy (non-hydrogen) atoms. The number of halogens is 2. The number of carbonyl (C=O) groups is 1. The molecule has 0 amide bonds. The molecule has 0 unspecified atom stereocenters. The number of nitrogens with zero attached hydrogens (tertiary/aromatic N) is 1. The van der Waals surface area contributed by atoms with Gasteiger partial charge in [0.2, 0.25) is 0 Å². The Balaban J connectivity index is 2.13. The highest BCUT2D eigenvalue weighted by Crippen LogP contribution is 2.24. The van der Waals surface area contributed by atoms with Gasteiger partial charge in [0.15, 0.2) is 5.78 Å². The van der Waals surface area contributed by atoms with E-state index < -0.39 is 5.82 Å². The van der Waals surface area contributed by atoms with E-state index in [0.717, 1.165) is 5.39 Å². The van der Waals surface area contributed by atoms with Crippen LogP contribution >= 0.6 is 15.9 Å². The Morgan fingerprint density at radius 2 is 1.95 bits per heavy atom. The molecule has 3 aromatic rings. The summed E-state index contributed by atoms with van der Waals surface area (Å²) in [4.78, 5) is 16.6. The minimum Gasteiger partial charge on any atom is -0.288 e. The smallest absolute Gasteiger partial charge is 0.197 e. The van der Waals surface area contributed by atoms with Gasteiger partial charge in [-0.3, -0.25) is 9.78 Å². The van der Waals surface area contributed by atoms with Crippen LogP contribution in [0, 0.1) is 5.82 Å². The van der Waals surface area contributed by atoms with E-state index in [-0.39, 0.29) is 11.3 Å². The number of fused-ring (bicyclic) bond motifs is 1. The van der Waals surface area contributed by atoms with Gasteiger partial charge in [-0.05, 0) is 40.2 Å². The minimum absolute atomic E-state index is 0.0442. The van der Waals surface area contributed by atoms with Gasteiger partial charge in [0.05, 0.1) is 11.1 Å². The number of hydrogen-bond donors (Lipinski definition) is 0. The third kappa shape index (κ3) is 2.23. The van der Waals surface area contributed by atoms with Crippen LogP contribution in [0.15, 0.2) is 59.2 Å². The van der Waals surface area contributed by atoms with Gasteiger partial charge in [-0.2, -0.15) is 0 Å². The van der Waals surface area contributed by atoms with Gasteiger partial charge in [-0.1, -0.05) is 24.3 Å². The molecule has 0 aliphatic rings. The summed E-state index contributed by atoms with van der Waals surface area (Å²) in [5, 5.41) is 0.941. The van der Waals surface area contributed by atoms with E-state index in [9.17, 15) is 9.18 Å². The van der Waals surface area contributed by atoms with Crippen molar-refractivity contribution >= 4 is 32.6 Å². The molecule has 3 rings (SSSR count). The van der Waals surface area contributed by atoms with Gasteiger partial charge in [0, 0.05) is 21.6 Å². The van der Waals surface area contributed by atoms with Crippen LogP contribution in [0.5, 0.6) is 0 Å². The standard InChI is InChI=1S/C16H9BrFNO/c17-12-4-1-5-13(18)15(12)16(20)11-7-6-10-3-2-8-19-14(10)9-11/h1-9H. The van der Waals surface area contributed by atoms with Crippen LogP contribution in [0.2, 0.25) is 0 Å². The summed E-state index contributed by atoms with van der Waals surface area (Å²) in [5.74, 6) is -0.895. The molecule has 0 aliphatic carbocycles. The van der Waals surface area contributed by atoms with Gasteiger partial charge in [0.1, 0.15) is 5.82 Å². The first-order valence-electron chi connectivity index (χ1n) is 6.00. The van der Waals surface area contributed by atoms with E-state index in [1.165, 1.54) is 6.07 Å². The molecule has 0 N–H and O–H groups in total. The van der Waals surface area contributed by atoms with E-state index in [1.807, 2.05) is 18.2 Å². The summed E-state index contributed by atoms with van der Waals surface area (Å²) in [6.07, 6.45) is 1.66. The zero-order valence-electron chi connectivity index (χ0n) is 10.3. The van der Waals surface area contributed by atoms with Crippen LogP contribution in [0.25, 0.3) is 10.9 Å². The molecular weight excluding hydrogens is 321 g/mol. The number of rotatable bonds is 2.